The molecule has 2 N–H and O–H groups in total. The van der Waals surface area contributed by atoms with Crippen molar-refractivity contribution in [3.8, 4) is 0 Å². The summed E-state index contributed by atoms with van der Waals surface area (Å²) in [6, 6.07) is 5.60. The second-order valence-electron chi connectivity index (χ2n) is 3.54. The van der Waals surface area contributed by atoms with E-state index in [1.807, 2.05) is 18.4 Å². The highest BCUT2D eigenvalue weighted by molar-refractivity contribution is 7.10. The van der Waals surface area contributed by atoms with Crippen LogP contribution in [0.5, 0.6) is 0 Å². The van der Waals surface area contributed by atoms with Gasteiger partial charge >= 0.3 is 0 Å². The highest BCUT2D eigenvalue weighted by Crippen LogP contribution is 2.22. The zero-order chi connectivity index (χ0) is 9.10. The first-order chi connectivity index (χ1) is 6.40. The Kier molecular flexibility index (Phi) is 2.98. The van der Waals surface area contributed by atoms with Crippen LogP contribution >= 0.6 is 11.3 Å². The van der Waals surface area contributed by atoms with Crippen molar-refractivity contribution in [1.29, 1.82) is 0 Å². The van der Waals surface area contributed by atoms with Gasteiger partial charge in [-0.2, -0.15) is 0 Å². The summed E-state index contributed by atoms with van der Waals surface area (Å²) in [6.45, 7) is 1.06. The quantitative estimate of drug-likeness (QED) is 0.750. The van der Waals surface area contributed by atoms with Crippen LogP contribution in [0.2, 0.25) is 0 Å². The average Bonchev–Trinajstić information content (AvgIpc) is 2.81. The maximum atomic E-state index is 3.54. The zero-order valence-electron chi connectivity index (χ0n) is 7.92. The fourth-order valence-electron chi connectivity index (χ4n) is 1.41. The molecule has 72 valence electrons. The minimum atomic E-state index is 0.487. The Bertz CT molecular complexity index is 241. The van der Waals surface area contributed by atoms with Crippen LogP contribution in [0.25, 0.3) is 0 Å². The van der Waals surface area contributed by atoms with Gasteiger partial charge in [0.25, 0.3) is 0 Å². The Morgan fingerprint density at radius 1 is 1.62 bits per heavy atom. The molecule has 1 unspecified atom stereocenters. The Morgan fingerprint density at radius 3 is 3.00 bits per heavy atom. The predicted molar refractivity (Wildman–Crippen MR) is 57.1 cm³/mol. The van der Waals surface area contributed by atoms with E-state index in [-0.39, 0.29) is 0 Å². The van der Waals surface area contributed by atoms with Crippen molar-refractivity contribution in [2.24, 2.45) is 0 Å². The SMILES string of the molecule is CNC(CNC1CC1)c1cccs1. The fraction of sp³-hybridized carbons (Fsp3) is 0.600. The van der Waals surface area contributed by atoms with Crippen molar-refractivity contribution < 1.29 is 0 Å². The lowest BCUT2D eigenvalue weighted by Crippen LogP contribution is -2.30. The summed E-state index contributed by atoms with van der Waals surface area (Å²) in [5.41, 5.74) is 0. The van der Waals surface area contributed by atoms with Gasteiger partial charge < -0.3 is 10.6 Å². The van der Waals surface area contributed by atoms with Crippen LogP contribution in [0.3, 0.4) is 0 Å². The molecule has 1 aromatic rings. The van der Waals surface area contributed by atoms with Gasteiger partial charge in [0, 0.05) is 17.5 Å². The third kappa shape index (κ3) is 2.53. The Labute approximate surface area is 83.4 Å². The lowest BCUT2D eigenvalue weighted by atomic mass is 10.2. The molecule has 2 rings (SSSR count). The van der Waals surface area contributed by atoms with Gasteiger partial charge in [-0.05, 0) is 31.3 Å². The Morgan fingerprint density at radius 2 is 2.46 bits per heavy atom. The third-order valence-corrected chi connectivity index (χ3v) is 3.41. The van der Waals surface area contributed by atoms with E-state index in [0.29, 0.717) is 6.04 Å². The molecule has 1 aliphatic rings. The van der Waals surface area contributed by atoms with Crippen molar-refractivity contribution in [1.82, 2.24) is 10.6 Å². The van der Waals surface area contributed by atoms with Gasteiger partial charge in [-0.15, -0.1) is 11.3 Å². The molecule has 1 aromatic heterocycles. The molecule has 1 saturated carbocycles. The standard InChI is InChI=1S/C10H16N2S/c1-11-9(7-12-8-4-5-8)10-3-2-6-13-10/h2-3,6,8-9,11-12H,4-5,7H2,1H3. The maximum Gasteiger partial charge on any atom is 0.0539 e. The topological polar surface area (TPSA) is 24.1 Å². The van der Waals surface area contributed by atoms with E-state index < -0.39 is 0 Å². The number of hydrogen-bond donors (Lipinski definition) is 2. The van der Waals surface area contributed by atoms with Crippen LogP contribution in [-0.4, -0.2) is 19.6 Å². The molecule has 0 spiro atoms. The van der Waals surface area contributed by atoms with E-state index in [2.05, 4.69) is 28.1 Å². The molecule has 2 nitrogen and oxygen atoms in total. The van der Waals surface area contributed by atoms with Crippen LogP contribution < -0.4 is 10.6 Å². The average molecular weight is 196 g/mol. The molecule has 0 saturated heterocycles. The Hall–Kier alpha value is -0.380. The summed E-state index contributed by atoms with van der Waals surface area (Å²) < 4.78 is 0. The summed E-state index contributed by atoms with van der Waals surface area (Å²) >= 11 is 1.83. The summed E-state index contributed by atoms with van der Waals surface area (Å²) in [5.74, 6) is 0. The molecule has 0 amide bonds. The van der Waals surface area contributed by atoms with Gasteiger partial charge in [-0.25, -0.2) is 0 Å². The number of likely N-dealkylation sites (N-methyl/N-ethyl adjacent to an activating group) is 1. The molecule has 1 atom stereocenters. The first-order valence-corrected chi connectivity index (χ1v) is 5.72. The minimum absolute atomic E-state index is 0.487. The van der Waals surface area contributed by atoms with Crippen LogP contribution in [0.15, 0.2) is 17.5 Å². The van der Waals surface area contributed by atoms with E-state index in [1.165, 1.54) is 17.7 Å². The summed E-state index contributed by atoms with van der Waals surface area (Å²) in [7, 11) is 2.03. The molecular formula is C10H16N2S. The van der Waals surface area contributed by atoms with Crippen molar-refractivity contribution >= 4 is 11.3 Å². The second-order valence-corrected chi connectivity index (χ2v) is 4.52. The van der Waals surface area contributed by atoms with Crippen molar-refractivity contribution in [3.63, 3.8) is 0 Å². The van der Waals surface area contributed by atoms with Crippen molar-refractivity contribution in [2.45, 2.75) is 24.9 Å². The molecule has 0 aliphatic heterocycles. The monoisotopic (exact) mass is 196 g/mol. The normalized spacial score (nSPS) is 18.8. The smallest absolute Gasteiger partial charge is 0.0539 e. The fourth-order valence-corrected chi connectivity index (χ4v) is 2.24. The van der Waals surface area contributed by atoms with Gasteiger partial charge in [0.1, 0.15) is 0 Å². The van der Waals surface area contributed by atoms with Gasteiger partial charge in [0.05, 0.1) is 6.04 Å². The first-order valence-electron chi connectivity index (χ1n) is 4.84. The molecule has 3 heteroatoms. The van der Waals surface area contributed by atoms with Crippen LogP contribution in [-0.2, 0) is 0 Å². The molecule has 0 bridgehead atoms. The van der Waals surface area contributed by atoms with Gasteiger partial charge in [-0.1, -0.05) is 6.07 Å². The van der Waals surface area contributed by atoms with E-state index in [9.17, 15) is 0 Å². The first kappa shape index (κ1) is 9.19. The number of nitrogens with one attached hydrogen (secondary N) is 2. The molecule has 1 heterocycles. The van der Waals surface area contributed by atoms with Gasteiger partial charge in [-0.3, -0.25) is 0 Å². The summed E-state index contributed by atoms with van der Waals surface area (Å²) in [4.78, 5) is 1.43. The molecule has 0 radical (unpaired) electrons. The molecular weight excluding hydrogens is 180 g/mol. The summed E-state index contributed by atoms with van der Waals surface area (Å²) in [5, 5.41) is 9.01. The molecule has 1 aliphatic carbocycles. The number of thiophene rings is 1. The van der Waals surface area contributed by atoms with E-state index in [4.69, 9.17) is 0 Å². The summed E-state index contributed by atoms with van der Waals surface area (Å²) in [6.07, 6.45) is 2.72. The van der Waals surface area contributed by atoms with Crippen molar-refractivity contribution in [2.75, 3.05) is 13.6 Å². The lowest BCUT2D eigenvalue weighted by molar-refractivity contribution is 0.533. The zero-order valence-corrected chi connectivity index (χ0v) is 8.73. The molecule has 0 aromatic carbocycles. The number of rotatable bonds is 5. The van der Waals surface area contributed by atoms with E-state index in [0.717, 1.165) is 12.6 Å². The Balaban J connectivity index is 1.85. The third-order valence-electron chi connectivity index (χ3n) is 2.42. The highest BCUT2D eigenvalue weighted by atomic mass is 32.1. The lowest BCUT2D eigenvalue weighted by Gasteiger charge is -2.14. The number of hydrogen-bond acceptors (Lipinski definition) is 3. The van der Waals surface area contributed by atoms with E-state index >= 15 is 0 Å². The van der Waals surface area contributed by atoms with Gasteiger partial charge in [0.2, 0.25) is 0 Å². The van der Waals surface area contributed by atoms with E-state index in [1.54, 1.807) is 0 Å². The van der Waals surface area contributed by atoms with Crippen LogP contribution in [0.1, 0.15) is 23.8 Å². The van der Waals surface area contributed by atoms with Crippen LogP contribution in [0, 0.1) is 0 Å². The van der Waals surface area contributed by atoms with Crippen LogP contribution in [0.4, 0.5) is 0 Å². The van der Waals surface area contributed by atoms with Crippen molar-refractivity contribution in [3.05, 3.63) is 22.4 Å². The predicted octanol–water partition coefficient (Wildman–Crippen LogP) is 1.76. The van der Waals surface area contributed by atoms with Gasteiger partial charge in [0.15, 0.2) is 0 Å². The maximum absolute atomic E-state index is 3.54. The molecule has 1 fully saturated rings. The molecule has 13 heavy (non-hydrogen) atoms. The largest absolute Gasteiger partial charge is 0.312 e. The highest BCUT2D eigenvalue weighted by Gasteiger charge is 2.21. The second kappa shape index (κ2) is 4.22. The minimum Gasteiger partial charge on any atom is -0.312 e.